The zero-order valence-electron chi connectivity index (χ0n) is 12.1. The van der Waals surface area contributed by atoms with Gasteiger partial charge in [-0.3, -0.25) is 4.90 Å². The topological polar surface area (TPSA) is 29.3 Å². The van der Waals surface area contributed by atoms with Crippen LogP contribution in [0.5, 0.6) is 0 Å². The normalized spacial score (nSPS) is 27.4. The van der Waals surface area contributed by atoms with Crippen LogP contribution >= 0.6 is 0 Å². The standard InChI is InChI=1S/C17H23FN2/c1-20-16-6-7-17(20)10-14(9-16)13-4-2-12(3-5-13)8-15(19)11-18/h2-5,9,15-17H,6-8,10-11,19H2,1H3/t15-,16?,17?/m0/s1. The van der Waals surface area contributed by atoms with Crippen LogP contribution in [0.25, 0.3) is 5.57 Å². The molecule has 2 aliphatic heterocycles. The lowest BCUT2D eigenvalue weighted by Gasteiger charge is -2.30. The molecule has 0 aromatic heterocycles. The summed E-state index contributed by atoms with van der Waals surface area (Å²) in [6, 6.07) is 9.45. The van der Waals surface area contributed by atoms with E-state index in [2.05, 4.69) is 42.3 Å². The fraction of sp³-hybridized carbons (Fsp3) is 0.529. The molecule has 0 aliphatic carbocycles. The molecule has 0 saturated carbocycles. The molecule has 1 aromatic rings. The highest BCUT2D eigenvalue weighted by Gasteiger charge is 2.33. The first-order chi connectivity index (χ1) is 9.67. The second kappa shape index (κ2) is 5.66. The number of alkyl halides is 1. The molecule has 2 N–H and O–H groups in total. The van der Waals surface area contributed by atoms with E-state index in [1.54, 1.807) is 0 Å². The van der Waals surface area contributed by atoms with Gasteiger partial charge in [-0.1, -0.05) is 30.3 Å². The van der Waals surface area contributed by atoms with Crippen molar-refractivity contribution in [3.63, 3.8) is 0 Å². The van der Waals surface area contributed by atoms with Crippen LogP contribution in [-0.4, -0.2) is 36.7 Å². The zero-order valence-corrected chi connectivity index (χ0v) is 12.1. The largest absolute Gasteiger partial charge is 0.325 e. The molecule has 2 heterocycles. The van der Waals surface area contributed by atoms with E-state index in [0.717, 1.165) is 12.0 Å². The highest BCUT2D eigenvalue weighted by atomic mass is 19.1. The summed E-state index contributed by atoms with van der Waals surface area (Å²) in [7, 11) is 2.23. The highest BCUT2D eigenvalue weighted by molar-refractivity contribution is 5.68. The molecule has 20 heavy (non-hydrogen) atoms. The van der Waals surface area contributed by atoms with E-state index in [0.29, 0.717) is 18.5 Å². The number of fused-ring (bicyclic) bond motifs is 2. The van der Waals surface area contributed by atoms with Crippen LogP contribution in [0, 0.1) is 0 Å². The maximum atomic E-state index is 12.4. The quantitative estimate of drug-likeness (QED) is 0.915. The minimum Gasteiger partial charge on any atom is -0.325 e. The van der Waals surface area contributed by atoms with Gasteiger partial charge in [-0.2, -0.15) is 0 Å². The average molecular weight is 274 g/mol. The van der Waals surface area contributed by atoms with Gasteiger partial charge >= 0.3 is 0 Å². The van der Waals surface area contributed by atoms with Crippen LogP contribution in [0.2, 0.25) is 0 Å². The Balaban J connectivity index is 1.74. The van der Waals surface area contributed by atoms with Gasteiger partial charge in [-0.25, -0.2) is 4.39 Å². The second-order valence-electron chi connectivity index (χ2n) is 6.18. The molecule has 0 amide bonds. The number of nitrogens with zero attached hydrogens (tertiary/aromatic N) is 1. The Morgan fingerprint density at radius 1 is 1.30 bits per heavy atom. The van der Waals surface area contributed by atoms with E-state index in [-0.39, 0.29) is 6.04 Å². The predicted octanol–water partition coefficient (Wildman–Crippen LogP) is 2.78. The molecule has 108 valence electrons. The fourth-order valence-electron chi connectivity index (χ4n) is 3.47. The van der Waals surface area contributed by atoms with E-state index in [1.807, 2.05) is 0 Å². The van der Waals surface area contributed by atoms with E-state index in [4.69, 9.17) is 5.73 Å². The van der Waals surface area contributed by atoms with Crippen molar-refractivity contribution in [2.75, 3.05) is 13.7 Å². The Bertz CT molecular complexity index is 494. The Labute approximate surface area is 120 Å². The third-order valence-electron chi connectivity index (χ3n) is 4.76. The van der Waals surface area contributed by atoms with E-state index in [1.165, 1.54) is 24.0 Å². The summed E-state index contributed by atoms with van der Waals surface area (Å²) in [4.78, 5) is 2.50. The van der Waals surface area contributed by atoms with Crippen LogP contribution in [0.15, 0.2) is 30.3 Å². The van der Waals surface area contributed by atoms with Crippen molar-refractivity contribution in [1.29, 1.82) is 0 Å². The van der Waals surface area contributed by atoms with Crippen molar-refractivity contribution in [3.8, 4) is 0 Å². The lowest BCUT2D eigenvalue weighted by atomic mass is 9.94. The highest BCUT2D eigenvalue weighted by Crippen LogP contribution is 2.37. The number of hydrogen-bond acceptors (Lipinski definition) is 2. The van der Waals surface area contributed by atoms with Gasteiger partial charge in [-0.05, 0) is 49.4 Å². The number of rotatable bonds is 4. The van der Waals surface area contributed by atoms with Gasteiger partial charge in [0.05, 0.1) is 0 Å². The Kier molecular flexibility index (Phi) is 3.90. The summed E-state index contributed by atoms with van der Waals surface area (Å²) in [5.41, 5.74) is 9.56. The molecule has 0 radical (unpaired) electrons. The summed E-state index contributed by atoms with van der Waals surface area (Å²) in [5.74, 6) is 0. The summed E-state index contributed by atoms with van der Waals surface area (Å²) in [6.45, 7) is -0.456. The van der Waals surface area contributed by atoms with Crippen molar-refractivity contribution >= 4 is 5.57 Å². The third kappa shape index (κ3) is 2.65. The molecule has 2 unspecified atom stereocenters. The number of likely N-dealkylation sites (N-methyl/N-ethyl adjacent to an activating group) is 1. The molecule has 1 aromatic carbocycles. The molecule has 3 heteroatoms. The minimum absolute atomic E-state index is 0.376. The summed E-state index contributed by atoms with van der Waals surface area (Å²) in [6.07, 6.45) is 6.78. The SMILES string of the molecule is CN1C2C=C(c3ccc(C[C@H](N)CF)cc3)CC1CC2. The number of nitrogens with two attached hydrogens (primary N) is 1. The van der Waals surface area contributed by atoms with Gasteiger partial charge in [0, 0.05) is 18.1 Å². The Morgan fingerprint density at radius 2 is 2.05 bits per heavy atom. The van der Waals surface area contributed by atoms with Crippen LogP contribution in [-0.2, 0) is 6.42 Å². The summed E-state index contributed by atoms with van der Waals surface area (Å²) >= 11 is 0. The molecule has 0 spiro atoms. The minimum atomic E-state index is -0.456. The van der Waals surface area contributed by atoms with Crippen molar-refractivity contribution < 1.29 is 4.39 Å². The predicted molar refractivity (Wildman–Crippen MR) is 81.3 cm³/mol. The Hall–Kier alpha value is -1.19. The molecule has 2 nitrogen and oxygen atoms in total. The van der Waals surface area contributed by atoms with Crippen LogP contribution in [0.1, 0.15) is 30.4 Å². The second-order valence-corrected chi connectivity index (χ2v) is 6.18. The first kappa shape index (κ1) is 13.8. The molecule has 3 rings (SSSR count). The first-order valence-corrected chi connectivity index (χ1v) is 7.51. The number of benzene rings is 1. The number of hydrogen-bond donors (Lipinski definition) is 1. The van der Waals surface area contributed by atoms with Gasteiger partial charge in [-0.15, -0.1) is 0 Å². The van der Waals surface area contributed by atoms with Crippen molar-refractivity contribution in [3.05, 3.63) is 41.5 Å². The van der Waals surface area contributed by atoms with Crippen LogP contribution < -0.4 is 5.73 Å². The van der Waals surface area contributed by atoms with Gasteiger partial charge in [0.1, 0.15) is 6.67 Å². The van der Waals surface area contributed by atoms with E-state index >= 15 is 0 Å². The van der Waals surface area contributed by atoms with Crippen molar-refractivity contribution in [2.24, 2.45) is 5.73 Å². The lowest BCUT2D eigenvalue weighted by molar-refractivity contribution is 0.264. The third-order valence-corrected chi connectivity index (χ3v) is 4.76. The lowest BCUT2D eigenvalue weighted by Crippen LogP contribution is -2.34. The zero-order chi connectivity index (χ0) is 14.1. The maximum Gasteiger partial charge on any atom is 0.105 e. The smallest absolute Gasteiger partial charge is 0.105 e. The van der Waals surface area contributed by atoms with Crippen molar-refractivity contribution in [1.82, 2.24) is 4.90 Å². The molecular weight excluding hydrogens is 251 g/mol. The summed E-state index contributed by atoms with van der Waals surface area (Å²) in [5, 5.41) is 0. The maximum absolute atomic E-state index is 12.4. The van der Waals surface area contributed by atoms with E-state index < -0.39 is 6.67 Å². The van der Waals surface area contributed by atoms with Gasteiger partial charge in [0.2, 0.25) is 0 Å². The monoisotopic (exact) mass is 274 g/mol. The molecule has 2 aliphatic rings. The molecular formula is C17H23FN2. The molecule has 1 fully saturated rings. The molecule has 1 saturated heterocycles. The Morgan fingerprint density at radius 3 is 2.70 bits per heavy atom. The summed E-state index contributed by atoms with van der Waals surface area (Å²) < 4.78 is 12.4. The molecule has 2 bridgehead atoms. The fourth-order valence-corrected chi connectivity index (χ4v) is 3.47. The average Bonchev–Trinajstić information content (AvgIpc) is 2.68. The van der Waals surface area contributed by atoms with Gasteiger partial charge < -0.3 is 5.73 Å². The van der Waals surface area contributed by atoms with Gasteiger partial charge in [0.15, 0.2) is 0 Å². The number of halogens is 1. The van der Waals surface area contributed by atoms with E-state index in [9.17, 15) is 4.39 Å². The van der Waals surface area contributed by atoms with Gasteiger partial charge in [0.25, 0.3) is 0 Å². The first-order valence-electron chi connectivity index (χ1n) is 7.51. The van der Waals surface area contributed by atoms with Crippen LogP contribution in [0.3, 0.4) is 0 Å². The molecule has 3 atom stereocenters. The van der Waals surface area contributed by atoms with Crippen molar-refractivity contribution in [2.45, 2.75) is 43.8 Å². The van der Waals surface area contributed by atoms with Crippen LogP contribution in [0.4, 0.5) is 4.39 Å².